The number of hydrogen-bond acceptors (Lipinski definition) is 3. The molecule has 0 N–H and O–H groups in total. The van der Waals surface area contributed by atoms with Crippen LogP contribution in [0.15, 0.2) is 79.5 Å². The molecule has 2 aromatic carbocycles. The number of pyridine rings is 1. The standard InChI is InChI=1S/C26H26FN3O2S.ClH/c1-4-16-29-20(3)19(2)24-14-15-28-25(26(24)29)17-30(23-12-10-22(27)11-13-23)33(31,32)18-21-8-6-5-7-9-21;/h4-15H,1,16-18H2,2-3H3;1H. The van der Waals surface area contributed by atoms with Crippen LogP contribution in [0.2, 0.25) is 0 Å². The molecule has 0 aliphatic rings. The zero-order valence-corrected chi connectivity index (χ0v) is 20.7. The van der Waals surface area contributed by atoms with Gasteiger partial charge in [-0.1, -0.05) is 36.4 Å². The summed E-state index contributed by atoms with van der Waals surface area (Å²) in [6, 6.07) is 16.5. The summed E-state index contributed by atoms with van der Waals surface area (Å²) in [6.07, 6.45) is 3.52. The summed E-state index contributed by atoms with van der Waals surface area (Å²) in [5, 5.41) is 1.03. The number of hydrogen-bond donors (Lipinski definition) is 0. The molecule has 5 nitrogen and oxygen atoms in total. The van der Waals surface area contributed by atoms with E-state index in [4.69, 9.17) is 0 Å². The van der Waals surface area contributed by atoms with Gasteiger partial charge in [0.25, 0.3) is 0 Å². The van der Waals surface area contributed by atoms with Crippen molar-refractivity contribution in [2.75, 3.05) is 4.31 Å². The van der Waals surface area contributed by atoms with Gasteiger partial charge in [-0.15, -0.1) is 19.0 Å². The summed E-state index contributed by atoms with van der Waals surface area (Å²) in [7, 11) is -3.80. The minimum atomic E-state index is -3.80. The average Bonchev–Trinajstić information content (AvgIpc) is 3.04. The van der Waals surface area contributed by atoms with E-state index < -0.39 is 15.8 Å². The number of halogens is 2. The van der Waals surface area contributed by atoms with E-state index in [1.54, 1.807) is 18.3 Å². The predicted octanol–water partition coefficient (Wildman–Crippen LogP) is 5.94. The fourth-order valence-corrected chi connectivity index (χ4v) is 5.63. The zero-order chi connectivity index (χ0) is 23.6. The van der Waals surface area contributed by atoms with Gasteiger partial charge in [0.05, 0.1) is 29.2 Å². The Hall–Kier alpha value is -3.16. The largest absolute Gasteiger partial charge is 0.339 e. The number of aryl methyl sites for hydroxylation is 1. The van der Waals surface area contributed by atoms with Crippen molar-refractivity contribution in [1.29, 1.82) is 0 Å². The molecule has 0 amide bonds. The van der Waals surface area contributed by atoms with Crippen molar-refractivity contribution < 1.29 is 12.8 Å². The first-order valence-electron chi connectivity index (χ1n) is 10.7. The maximum Gasteiger partial charge on any atom is 0.239 e. The highest BCUT2D eigenvalue weighted by Gasteiger charge is 2.26. The van der Waals surface area contributed by atoms with Crippen LogP contribution in [0.4, 0.5) is 10.1 Å². The molecule has 0 saturated heterocycles. The highest BCUT2D eigenvalue weighted by Crippen LogP contribution is 2.30. The maximum atomic E-state index is 13.6. The number of benzene rings is 2. The molecule has 2 aromatic heterocycles. The SMILES string of the molecule is C=CCn1c(C)c(C)c2ccnc(CN(c3ccc(F)cc3)S(=O)(=O)Cc3ccccc3)c21.Cl. The summed E-state index contributed by atoms with van der Waals surface area (Å²) in [5.74, 6) is -0.599. The highest BCUT2D eigenvalue weighted by molar-refractivity contribution is 7.92. The average molecular weight is 500 g/mol. The molecule has 0 spiro atoms. The van der Waals surface area contributed by atoms with Crippen LogP contribution in [0.1, 0.15) is 22.5 Å². The van der Waals surface area contributed by atoms with Crippen molar-refractivity contribution in [3.63, 3.8) is 0 Å². The fourth-order valence-electron chi connectivity index (χ4n) is 4.10. The van der Waals surface area contributed by atoms with E-state index >= 15 is 0 Å². The first-order valence-corrected chi connectivity index (χ1v) is 12.3. The normalized spacial score (nSPS) is 11.3. The first-order chi connectivity index (χ1) is 15.8. The zero-order valence-electron chi connectivity index (χ0n) is 19.1. The first kappa shape index (κ1) is 25.5. The van der Waals surface area contributed by atoms with Crippen molar-refractivity contribution in [3.05, 3.63) is 108 Å². The summed E-state index contributed by atoms with van der Waals surface area (Å²) < 4.78 is 44.2. The van der Waals surface area contributed by atoms with Crippen molar-refractivity contribution in [2.24, 2.45) is 0 Å². The van der Waals surface area contributed by atoms with E-state index in [1.807, 2.05) is 44.2 Å². The second-order valence-electron chi connectivity index (χ2n) is 7.99. The van der Waals surface area contributed by atoms with Gasteiger partial charge in [0.1, 0.15) is 5.82 Å². The second kappa shape index (κ2) is 10.4. The molecule has 0 unspecified atom stereocenters. The van der Waals surface area contributed by atoms with Gasteiger partial charge >= 0.3 is 0 Å². The third kappa shape index (κ3) is 5.00. The smallest absolute Gasteiger partial charge is 0.239 e. The molecule has 2 heterocycles. The molecular formula is C26H27ClFN3O2S. The summed E-state index contributed by atoms with van der Waals surface area (Å²) in [4.78, 5) is 4.57. The highest BCUT2D eigenvalue weighted by atomic mass is 35.5. The van der Waals surface area contributed by atoms with Gasteiger partial charge in [-0.05, 0) is 55.3 Å². The number of nitrogens with zero attached hydrogens (tertiary/aromatic N) is 3. The Morgan fingerprint density at radius 1 is 1.06 bits per heavy atom. The lowest BCUT2D eigenvalue weighted by Gasteiger charge is -2.25. The van der Waals surface area contributed by atoms with Gasteiger partial charge < -0.3 is 4.57 Å². The molecule has 8 heteroatoms. The predicted molar refractivity (Wildman–Crippen MR) is 138 cm³/mol. The van der Waals surface area contributed by atoms with Crippen molar-refractivity contribution in [1.82, 2.24) is 9.55 Å². The third-order valence-corrected chi connectivity index (χ3v) is 7.58. The van der Waals surface area contributed by atoms with E-state index in [0.717, 1.165) is 22.2 Å². The Labute approximate surface area is 206 Å². The minimum Gasteiger partial charge on any atom is -0.339 e. The van der Waals surface area contributed by atoms with Gasteiger partial charge in [-0.25, -0.2) is 12.8 Å². The second-order valence-corrected chi connectivity index (χ2v) is 9.88. The molecular weight excluding hydrogens is 473 g/mol. The van der Waals surface area contributed by atoms with Crippen LogP contribution >= 0.6 is 12.4 Å². The molecule has 0 aliphatic carbocycles. The maximum absolute atomic E-state index is 13.6. The van der Waals surface area contributed by atoms with Crippen molar-refractivity contribution in [3.8, 4) is 0 Å². The van der Waals surface area contributed by atoms with Gasteiger partial charge in [0.15, 0.2) is 0 Å². The summed E-state index contributed by atoms with van der Waals surface area (Å²) in [6.45, 7) is 8.55. The van der Waals surface area contributed by atoms with Crippen LogP contribution in [-0.4, -0.2) is 18.0 Å². The van der Waals surface area contributed by atoms with E-state index in [-0.39, 0.29) is 24.7 Å². The van der Waals surface area contributed by atoms with Gasteiger partial charge in [-0.2, -0.15) is 0 Å². The van der Waals surface area contributed by atoms with Crippen LogP contribution in [0.3, 0.4) is 0 Å². The number of anilines is 1. The summed E-state index contributed by atoms with van der Waals surface area (Å²) >= 11 is 0. The number of sulfonamides is 1. The molecule has 178 valence electrons. The van der Waals surface area contributed by atoms with E-state index in [9.17, 15) is 12.8 Å². The lowest BCUT2D eigenvalue weighted by atomic mass is 10.1. The summed E-state index contributed by atoms with van der Waals surface area (Å²) in [5.41, 5.74) is 4.79. The van der Waals surface area contributed by atoms with Crippen LogP contribution in [0.5, 0.6) is 0 Å². The minimum absolute atomic E-state index is 0. The Bertz CT molecular complexity index is 1400. The molecule has 0 atom stereocenters. The molecule has 0 bridgehead atoms. The van der Waals surface area contributed by atoms with Crippen molar-refractivity contribution >= 4 is 39.0 Å². The molecule has 0 radical (unpaired) electrons. The fraction of sp³-hybridized carbons (Fsp3) is 0.192. The van der Waals surface area contributed by atoms with Gasteiger partial charge in [0, 0.05) is 23.8 Å². The van der Waals surface area contributed by atoms with Crippen molar-refractivity contribution in [2.45, 2.75) is 32.7 Å². The Morgan fingerprint density at radius 3 is 2.38 bits per heavy atom. The Balaban J connectivity index is 0.00000324. The number of fused-ring (bicyclic) bond motifs is 1. The number of aromatic nitrogens is 2. The quantitative estimate of drug-likeness (QED) is 0.282. The molecule has 4 rings (SSSR count). The monoisotopic (exact) mass is 499 g/mol. The van der Waals surface area contributed by atoms with Crippen LogP contribution in [0, 0.1) is 19.7 Å². The number of rotatable bonds is 8. The molecule has 0 saturated carbocycles. The Kier molecular flexibility index (Phi) is 7.79. The molecule has 4 aromatic rings. The lowest BCUT2D eigenvalue weighted by molar-refractivity contribution is 0.588. The Morgan fingerprint density at radius 2 is 1.74 bits per heavy atom. The van der Waals surface area contributed by atoms with Crippen LogP contribution in [0.25, 0.3) is 10.9 Å². The third-order valence-electron chi connectivity index (χ3n) is 5.87. The topological polar surface area (TPSA) is 55.2 Å². The molecule has 0 fully saturated rings. The van der Waals surface area contributed by atoms with Gasteiger partial charge in [-0.3, -0.25) is 9.29 Å². The molecule has 0 aliphatic heterocycles. The van der Waals surface area contributed by atoms with Gasteiger partial charge in [0.2, 0.25) is 10.0 Å². The van der Waals surface area contributed by atoms with E-state index in [2.05, 4.69) is 16.1 Å². The van der Waals surface area contributed by atoms with Crippen LogP contribution < -0.4 is 4.31 Å². The van der Waals surface area contributed by atoms with Crippen LogP contribution in [-0.2, 0) is 28.9 Å². The van der Waals surface area contributed by atoms with E-state index in [0.29, 0.717) is 23.5 Å². The van der Waals surface area contributed by atoms with E-state index in [1.165, 1.54) is 28.6 Å². The number of allylic oxidation sites excluding steroid dienone is 1. The molecule has 34 heavy (non-hydrogen) atoms. The lowest BCUT2D eigenvalue weighted by Crippen LogP contribution is -2.32.